The number of rotatable bonds is 7. The predicted molar refractivity (Wildman–Crippen MR) is 120 cm³/mol. The number of aromatic nitrogens is 1. The summed E-state index contributed by atoms with van der Waals surface area (Å²) >= 11 is 4.35. The van der Waals surface area contributed by atoms with E-state index in [1.165, 1.54) is 16.7 Å². The van der Waals surface area contributed by atoms with Crippen LogP contribution in [0.2, 0.25) is 0 Å². The molecule has 2 aliphatic rings. The van der Waals surface area contributed by atoms with Gasteiger partial charge >= 0.3 is 0 Å². The first kappa shape index (κ1) is 22.5. The molecule has 0 spiro atoms. The van der Waals surface area contributed by atoms with Gasteiger partial charge in [0.25, 0.3) is 5.56 Å². The molecule has 0 bridgehead atoms. The number of halogens is 3. The minimum Gasteiger partial charge on any atom is -0.349 e. The number of nitrogens with zero attached hydrogens (tertiary/aromatic N) is 1. The number of nitrogens with one attached hydrogen (secondary N) is 3. The van der Waals surface area contributed by atoms with Crippen LogP contribution in [0.3, 0.4) is 0 Å². The molecule has 1 fully saturated rings. The van der Waals surface area contributed by atoms with Crippen LogP contribution in [0.5, 0.6) is 0 Å². The second-order valence-corrected chi connectivity index (χ2v) is 9.44. The van der Waals surface area contributed by atoms with Crippen LogP contribution in [0.15, 0.2) is 27.5 Å². The van der Waals surface area contributed by atoms with Gasteiger partial charge in [0.15, 0.2) is 5.79 Å². The average Bonchev–Trinajstić information content (AvgIpc) is 3.33. The Morgan fingerprint density at radius 2 is 2.13 bits per heavy atom. The highest BCUT2D eigenvalue weighted by atomic mass is 79.9. The van der Waals surface area contributed by atoms with Crippen LogP contribution >= 0.6 is 28.1 Å². The monoisotopic (exact) mass is 516 g/mol. The molecule has 0 radical (unpaired) electrons. The SMILES string of the molecule is CC1(C)OCC(CNSNc2c(Nc3ccc(Br)cc3F)c(F)c(=O)n3c2CCC3)O1. The normalized spacial score (nSPS) is 19.5. The Hall–Kier alpha value is -1.66. The number of fused-ring (bicyclic) bond motifs is 1. The smallest absolute Gasteiger partial charge is 0.289 e. The summed E-state index contributed by atoms with van der Waals surface area (Å²) in [5.41, 5.74) is 0.384. The first-order chi connectivity index (χ1) is 14.7. The Morgan fingerprint density at radius 3 is 2.84 bits per heavy atom. The predicted octanol–water partition coefficient (Wildman–Crippen LogP) is 4.30. The molecule has 0 amide bonds. The van der Waals surface area contributed by atoms with Crippen molar-refractivity contribution in [3.8, 4) is 0 Å². The van der Waals surface area contributed by atoms with Crippen LogP contribution in [0.1, 0.15) is 26.0 Å². The number of anilines is 3. The molecule has 0 saturated carbocycles. The van der Waals surface area contributed by atoms with Crippen molar-refractivity contribution in [2.24, 2.45) is 0 Å². The van der Waals surface area contributed by atoms with Gasteiger partial charge in [0.2, 0.25) is 5.82 Å². The van der Waals surface area contributed by atoms with Crippen molar-refractivity contribution in [3.05, 3.63) is 50.4 Å². The van der Waals surface area contributed by atoms with E-state index in [1.54, 1.807) is 6.07 Å². The molecule has 4 rings (SSSR count). The molecule has 1 aromatic carbocycles. The molecule has 7 nitrogen and oxygen atoms in total. The molecule has 3 heterocycles. The molecule has 1 aromatic heterocycles. The molecule has 2 aliphatic heterocycles. The molecule has 3 N–H and O–H groups in total. The number of ether oxygens (including phenoxy) is 2. The van der Waals surface area contributed by atoms with Crippen LogP contribution < -0.4 is 20.3 Å². The van der Waals surface area contributed by atoms with E-state index < -0.39 is 23.0 Å². The first-order valence-electron chi connectivity index (χ1n) is 9.89. The maximum atomic E-state index is 15.0. The summed E-state index contributed by atoms with van der Waals surface area (Å²) < 4.78 is 48.9. The summed E-state index contributed by atoms with van der Waals surface area (Å²) in [6, 6.07) is 4.39. The fourth-order valence-electron chi connectivity index (χ4n) is 3.68. The Kier molecular flexibility index (Phi) is 6.59. The molecule has 1 saturated heterocycles. The lowest BCUT2D eigenvalue weighted by Crippen LogP contribution is -2.28. The number of pyridine rings is 1. The topological polar surface area (TPSA) is 76.5 Å². The van der Waals surface area contributed by atoms with Crippen LogP contribution in [-0.2, 0) is 22.4 Å². The quantitative estimate of drug-likeness (QED) is 0.374. The van der Waals surface area contributed by atoms with Gasteiger partial charge in [0, 0.05) is 35.4 Å². The van der Waals surface area contributed by atoms with E-state index >= 15 is 4.39 Å². The van der Waals surface area contributed by atoms with Crippen LogP contribution in [0.4, 0.5) is 25.8 Å². The first-order valence-corrected chi connectivity index (χ1v) is 11.5. The summed E-state index contributed by atoms with van der Waals surface area (Å²) in [4.78, 5) is 12.5. The standard InChI is InChI=1S/C20H23BrF2N4O3S/c1-20(2)29-10-12(30-20)9-24-31-26-17-15-4-3-7-27(15)19(28)16(23)18(17)25-14-6-5-11(21)8-13(14)22/h5-6,8,12,24-26H,3-4,7,9-10H2,1-2H3. The van der Waals surface area contributed by atoms with Crippen molar-refractivity contribution < 1.29 is 18.3 Å². The van der Waals surface area contributed by atoms with E-state index in [4.69, 9.17) is 9.47 Å². The summed E-state index contributed by atoms with van der Waals surface area (Å²) in [7, 11) is 0. The van der Waals surface area contributed by atoms with Gasteiger partial charge in [0.1, 0.15) is 11.5 Å². The summed E-state index contributed by atoms with van der Waals surface area (Å²) in [6.45, 7) is 5.13. The highest BCUT2D eigenvalue weighted by Crippen LogP contribution is 2.35. The van der Waals surface area contributed by atoms with Crippen molar-refractivity contribution in [1.29, 1.82) is 0 Å². The van der Waals surface area contributed by atoms with Crippen molar-refractivity contribution in [3.63, 3.8) is 0 Å². The van der Waals surface area contributed by atoms with Gasteiger partial charge in [0.05, 0.1) is 24.1 Å². The van der Waals surface area contributed by atoms with E-state index in [-0.39, 0.29) is 17.5 Å². The Morgan fingerprint density at radius 1 is 1.32 bits per heavy atom. The lowest BCUT2D eigenvalue weighted by Gasteiger charge is -2.20. The number of hydrogen-bond donors (Lipinski definition) is 3. The molecular weight excluding hydrogens is 494 g/mol. The van der Waals surface area contributed by atoms with Gasteiger partial charge in [-0.25, -0.2) is 9.11 Å². The minimum atomic E-state index is -0.953. The van der Waals surface area contributed by atoms with Crippen LogP contribution in [-0.4, -0.2) is 29.6 Å². The zero-order valence-electron chi connectivity index (χ0n) is 17.1. The summed E-state index contributed by atoms with van der Waals surface area (Å²) in [5, 5.41) is 2.77. The average molecular weight is 517 g/mol. The van der Waals surface area contributed by atoms with Crippen molar-refractivity contribution in [2.45, 2.75) is 45.1 Å². The largest absolute Gasteiger partial charge is 0.349 e. The summed E-state index contributed by atoms with van der Waals surface area (Å²) in [5.74, 6) is -2.13. The summed E-state index contributed by atoms with van der Waals surface area (Å²) in [6.07, 6.45) is 1.24. The third-order valence-corrected chi connectivity index (χ3v) is 6.22. The molecule has 31 heavy (non-hydrogen) atoms. The zero-order valence-corrected chi connectivity index (χ0v) is 19.5. The van der Waals surface area contributed by atoms with Crippen LogP contribution in [0, 0.1) is 11.6 Å². The number of hydrogen-bond acceptors (Lipinski definition) is 7. The zero-order chi connectivity index (χ0) is 22.2. The molecule has 0 aliphatic carbocycles. The van der Waals surface area contributed by atoms with Gasteiger partial charge in [-0.3, -0.25) is 4.79 Å². The minimum absolute atomic E-state index is 0.0733. The fraction of sp³-hybridized carbons (Fsp3) is 0.450. The van der Waals surface area contributed by atoms with Gasteiger partial charge in [-0.05, 0) is 44.9 Å². The van der Waals surface area contributed by atoms with E-state index in [2.05, 4.69) is 30.7 Å². The Balaban J connectivity index is 1.55. The Bertz CT molecular complexity index is 1050. The van der Waals surface area contributed by atoms with Gasteiger partial charge in [-0.15, -0.1) is 0 Å². The van der Waals surface area contributed by atoms with Crippen molar-refractivity contribution >= 4 is 45.1 Å². The maximum Gasteiger partial charge on any atom is 0.289 e. The van der Waals surface area contributed by atoms with Crippen molar-refractivity contribution in [1.82, 2.24) is 9.29 Å². The van der Waals surface area contributed by atoms with Crippen LogP contribution in [0.25, 0.3) is 0 Å². The molecule has 168 valence electrons. The molecular formula is C20H23BrF2N4O3S. The third kappa shape index (κ3) is 4.90. The second kappa shape index (κ2) is 9.07. The number of benzene rings is 1. The van der Waals surface area contributed by atoms with Gasteiger partial charge in [-0.1, -0.05) is 15.9 Å². The Labute approximate surface area is 191 Å². The maximum absolute atomic E-state index is 15.0. The molecule has 1 atom stereocenters. The lowest BCUT2D eigenvalue weighted by molar-refractivity contribution is -0.137. The molecule has 11 heteroatoms. The lowest BCUT2D eigenvalue weighted by atomic mass is 10.2. The molecule has 2 aromatic rings. The van der Waals surface area contributed by atoms with Crippen molar-refractivity contribution in [2.75, 3.05) is 23.2 Å². The highest BCUT2D eigenvalue weighted by molar-refractivity contribution is 9.10. The van der Waals surface area contributed by atoms with E-state index in [0.717, 1.165) is 18.6 Å². The van der Waals surface area contributed by atoms with E-state index in [1.807, 2.05) is 13.8 Å². The highest BCUT2D eigenvalue weighted by Gasteiger charge is 2.32. The second-order valence-electron chi connectivity index (χ2n) is 7.82. The van der Waals surface area contributed by atoms with Gasteiger partial charge < -0.3 is 24.1 Å². The fourth-order valence-corrected chi connectivity index (χ4v) is 4.67. The van der Waals surface area contributed by atoms with E-state index in [0.29, 0.717) is 42.0 Å². The molecule has 1 unspecified atom stereocenters. The third-order valence-electron chi connectivity index (χ3n) is 5.11. The van der Waals surface area contributed by atoms with E-state index in [9.17, 15) is 9.18 Å². The van der Waals surface area contributed by atoms with Gasteiger partial charge in [-0.2, -0.15) is 4.39 Å².